The minimum atomic E-state index is -3.95. The first-order valence-electron chi connectivity index (χ1n) is 14.5. The highest BCUT2D eigenvalue weighted by molar-refractivity contribution is 7.91. The fraction of sp³-hybridized carbons (Fsp3) is 0.750. The molecule has 1 aromatic rings. The maximum absolute atomic E-state index is 14.2. The van der Waals surface area contributed by atoms with Crippen molar-refractivity contribution < 1.29 is 27.5 Å². The quantitative estimate of drug-likeness (QED) is 0.386. The molecule has 0 spiro atoms. The van der Waals surface area contributed by atoms with Crippen LogP contribution < -0.4 is 10.4 Å². The molecule has 10 nitrogen and oxygen atoms in total. The van der Waals surface area contributed by atoms with Gasteiger partial charge in [-0.2, -0.15) is 4.31 Å². The van der Waals surface area contributed by atoms with E-state index in [1.807, 2.05) is 0 Å². The van der Waals surface area contributed by atoms with E-state index in [9.17, 15) is 13.2 Å². The van der Waals surface area contributed by atoms with Crippen LogP contribution in [-0.2, 0) is 35.5 Å². The molecule has 3 heterocycles. The molecule has 0 aromatic heterocycles. The van der Waals surface area contributed by atoms with E-state index in [-0.39, 0.29) is 12.8 Å². The number of benzene rings is 1. The summed E-state index contributed by atoms with van der Waals surface area (Å²) < 4.78 is 39.1. The molecule has 11 heteroatoms. The number of nitrogens with zero attached hydrogens (tertiary/aromatic N) is 3. The number of rotatable bonds is 12. The number of hydrogen-bond acceptors (Lipinski definition) is 8. The van der Waals surface area contributed by atoms with Crippen LogP contribution in [0.2, 0.25) is 0 Å². The van der Waals surface area contributed by atoms with Crippen LogP contribution in [0.25, 0.3) is 0 Å². The van der Waals surface area contributed by atoms with Crippen LogP contribution in [0.4, 0.5) is 5.69 Å². The molecule has 3 aliphatic heterocycles. The molecule has 0 radical (unpaired) electrons. The summed E-state index contributed by atoms with van der Waals surface area (Å²) in [5.41, 5.74) is 4.93. The summed E-state index contributed by atoms with van der Waals surface area (Å²) in [5.74, 6) is -0.590. The van der Waals surface area contributed by atoms with Crippen LogP contribution in [0, 0.1) is 0 Å². The molecule has 4 rings (SSSR count). The van der Waals surface area contributed by atoms with Crippen molar-refractivity contribution in [3.05, 3.63) is 29.8 Å². The molecule has 0 bridgehead atoms. The van der Waals surface area contributed by atoms with Crippen molar-refractivity contribution in [1.82, 2.24) is 14.7 Å². The van der Waals surface area contributed by atoms with Gasteiger partial charge in [-0.15, -0.1) is 0 Å². The van der Waals surface area contributed by atoms with Crippen LogP contribution in [0.1, 0.15) is 57.4 Å². The first-order valence-corrected chi connectivity index (χ1v) is 16.0. The van der Waals surface area contributed by atoms with E-state index in [0.717, 1.165) is 24.9 Å². The Bertz CT molecular complexity index is 999. The second-order valence-electron chi connectivity index (χ2n) is 10.8. The Morgan fingerprint density at radius 3 is 2.41 bits per heavy atom. The van der Waals surface area contributed by atoms with Gasteiger partial charge in [0.2, 0.25) is 10.0 Å². The Balaban J connectivity index is 1.43. The number of nitrogens with one attached hydrogen (secondary N) is 1. The molecule has 3 aliphatic rings. The number of hydroxylamine groups is 1. The van der Waals surface area contributed by atoms with Gasteiger partial charge in [0.1, 0.15) is 0 Å². The van der Waals surface area contributed by atoms with Gasteiger partial charge in [0.15, 0.2) is 11.0 Å². The molecule has 39 heavy (non-hydrogen) atoms. The maximum atomic E-state index is 14.2. The van der Waals surface area contributed by atoms with Crippen LogP contribution in [0.15, 0.2) is 24.3 Å². The number of anilines is 1. The fourth-order valence-electron chi connectivity index (χ4n) is 5.66. The lowest BCUT2D eigenvalue weighted by atomic mass is 9.95. The van der Waals surface area contributed by atoms with Crippen LogP contribution in [-0.4, -0.2) is 101 Å². The number of carbonyl (C=O) groups excluding carboxylic acids is 1. The molecular formula is C28H46N4O6S. The van der Waals surface area contributed by atoms with Gasteiger partial charge < -0.3 is 19.3 Å². The molecule has 0 saturated carbocycles. The van der Waals surface area contributed by atoms with Gasteiger partial charge in [-0.25, -0.2) is 18.7 Å². The van der Waals surface area contributed by atoms with Gasteiger partial charge in [-0.05, 0) is 56.2 Å². The normalized spacial score (nSPS) is 23.0. The summed E-state index contributed by atoms with van der Waals surface area (Å²) in [7, 11) is -2.30. The number of piperidine rings is 1. The highest BCUT2D eigenvalue weighted by Crippen LogP contribution is 2.35. The summed E-state index contributed by atoms with van der Waals surface area (Å²) in [4.78, 5) is 23.5. The number of ether oxygens (including phenoxy) is 2. The van der Waals surface area contributed by atoms with Gasteiger partial charge in [0, 0.05) is 71.6 Å². The number of sulfonamides is 1. The number of aryl methyl sites for hydroxylation is 1. The number of likely N-dealkylation sites (tertiary alicyclic amines) is 1. The van der Waals surface area contributed by atoms with Gasteiger partial charge in [0.25, 0.3) is 5.91 Å². The van der Waals surface area contributed by atoms with E-state index in [0.29, 0.717) is 65.4 Å². The predicted octanol–water partition coefficient (Wildman–Crippen LogP) is 2.54. The van der Waals surface area contributed by atoms with Gasteiger partial charge in [-0.1, -0.05) is 25.5 Å². The van der Waals surface area contributed by atoms with Crippen molar-refractivity contribution in [2.45, 2.75) is 69.3 Å². The number of unbranched alkanes of at least 4 members (excludes halogenated alkanes) is 1. The van der Waals surface area contributed by atoms with E-state index >= 15 is 0 Å². The first-order chi connectivity index (χ1) is 18.9. The second kappa shape index (κ2) is 14.2. The van der Waals surface area contributed by atoms with E-state index in [4.69, 9.17) is 14.3 Å². The summed E-state index contributed by atoms with van der Waals surface area (Å²) in [6.07, 6.45) is 5.87. The average molecular weight is 567 g/mol. The van der Waals surface area contributed by atoms with E-state index < -0.39 is 27.0 Å². The Kier molecular flexibility index (Phi) is 11.0. The highest BCUT2D eigenvalue weighted by atomic mass is 32.2. The van der Waals surface area contributed by atoms with Crippen molar-refractivity contribution in [3.63, 3.8) is 0 Å². The van der Waals surface area contributed by atoms with Crippen molar-refractivity contribution in [1.29, 1.82) is 0 Å². The summed E-state index contributed by atoms with van der Waals surface area (Å²) in [6, 6.07) is 8.59. The lowest BCUT2D eigenvalue weighted by molar-refractivity contribution is -0.202. The van der Waals surface area contributed by atoms with E-state index in [1.54, 1.807) is 7.11 Å². The minimum Gasteiger partial charge on any atom is -0.383 e. The molecule has 1 amide bonds. The summed E-state index contributed by atoms with van der Waals surface area (Å²) in [5, 5.41) is 0. The predicted molar refractivity (Wildman–Crippen MR) is 151 cm³/mol. The number of piperazine rings is 1. The van der Waals surface area contributed by atoms with Crippen molar-refractivity contribution >= 4 is 21.6 Å². The van der Waals surface area contributed by atoms with Crippen molar-refractivity contribution in [3.8, 4) is 0 Å². The third kappa shape index (κ3) is 7.31. The Labute approximate surface area is 233 Å². The number of carbonyl (C=O) groups is 1. The second-order valence-corrected chi connectivity index (χ2v) is 13.1. The summed E-state index contributed by atoms with van der Waals surface area (Å²) in [6.45, 7) is 6.88. The molecule has 3 saturated heterocycles. The molecule has 1 atom stereocenters. The molecule has 1 unspecified atom stereocenters. The lowest BCUT2D eigenvalue weighted by Crippen LogP contribution is -2.64. The zero-order valence-corrected chi connectivity index (χ0v) is 24.4. The SMILES string of the molecule is CCCCc1ccc(N2CCN(S(=O)(=O)C3(C(=O)NOC4CCCCO4)CCN(CCOC)CC3)CC2)cc1. The average Bonchev–Trinajstić information content (AvgIpc) is 2.98. The topological polar surface area (TPSA) is 101 Å². The van der Waals surface area contributed by atoms with E-state index in [1.165, 1.54) is 22.7 Å². The highest BCUT2D eigenvalue weighted by Gasteiger charge is 2.55. The number of methoxy groups -OCH3 is 1. The molecule has 220 valence electrons. The van der Waals surface area contributed by atoms with Gasteiger partial charge >= 0.3 is 0 Å². The number of hydrogen-bond donors (Lipinski definition) is 1. The Hall–Kier alpha value is -1.76. The largest absolute Gasteiger partial charge is 0.383 e. The van der Waals surface area contributed by atoms with Crippen molar-refractivity contribution in [2.75, 3.05) is 71.0 Å². The van der Waals surface area contributed by atoms with Gasteiger partial charge in [0.05, 0.1) is 6.61 Å². The molecular weight excluding hydrogens is 520 g/mol. The van der Waals surface area contributed by atoms with Crippen LogP contribution in [0.5, 0.6) is 0 Å². The number of amides is 1. The summed E-state index contributed by atoms with van der Waals surface area (Å²) >= 11 is 0. The van der Waals surface area contributed by atoms with Gasteiger partial charge in [-0.3, -0.25) is 4.79 Å². The Morgan fingerprint density at radius 1 is 1.08 bits per heavy atom. The fourth-order valence-corrected chi connectivity index (χ4v) is 7.78. The third-order valence-electron chi connectivity index (χ3n) is 8.30. The van der Waals surface area contributed by atoms with Crippen LogP contribution in [0.3, 0.4) is 0 Å². The molecule has 3 fully saturated rings. The van der Waals surface area contributed by atoms with E-state index in [2.05, 4.69) is 46.5 Å². The lowest BCUT2D eigenvalue weighted by Gasteiger charge is -2.44. The zero-order chi connectivity index (χ0) is 27.7. The molecule has 1 aromatic carbocycles. The maximum Gasteiger partial charge on any atom is 0.266 e. The molecule has 1 N–H and O–H groups in total. The smallest absolute Gasteiger partial charge is 0.266 e. The standard InChI is InChI=1S/C28H46N4O6S/c1-3-4-7-24-9-11-25(12-10-24)31-17-19-32(20-18-31)39(34,35)28(13-15-30(16-14-28)21-23-36-2)27(33)29-38-26-8-5-6-22-37-26/h9-12,26H,3-8,13-23H2,1-2H3,(H,29,33). The zero-order valence-electron chi connectivity index (χ0n) is 23.6. The Morgan fingerprint density at radius 2 is 1.79 bits per heavy atom. The third-order valence-corrected chi connectivity index (χ3v) is 10.9. The monoisotopic (exact) mass is 566 g/mol. The van der Waals surface area contributed by atoms with Crippen molar-refractivity contribution in [2.24, 2.45) is 0 Å². The first kappa shape index (κ1) is 30.2. The minimum absolute atomic E-state index is 0.208. The molecule has 0 aliphatic carbocycles. The van der Waals surface area contributed by atoms with Crippen LogP contribution >= 0.6 is 0 Å².